The van der Waals surface area contributed by atoms with E-state index in [1.165, 1.54) is 18.2 Å². The lowest BCUT2D eigenvalue weighted by Crippen LogP contribution is -1.82. The van der Waals surface area contributed by atoms with Gasteiger partial charge in [-0.1, -0.05) is 5.16 Å². The third-order valence-corrected chi connectivity index (χ3v) is 3.59. The van der Waals surface area contributed by atoms with Crippen LogP contribution in [0.3, 0.4) is 0 Å². The van der Waals surface area contributed by atoms with Gasteiger partial charge in [0, 0.05) is 10.9 Å². The van der Waals surface area contributed by atoms with Crippen molar-refractivity contribution in [1.82, 2.24) is 10.1 Å². The molecule has 96 valence electrons. The van der Waals surface area contributed by atoms with E-state index in [2.05, 4.69) is 10.1 Å². The Bertz CT molecular complexity index is 733. The van der Waals surface area contributed by atoms with Crippen LogP contribution in [0.5, 0.6) is 11.5 Å². The van der Waals surface area contributed by atoms with Gasteiger partial charge in [0.2, 0.25) is 5.82 Å². The van der Waals surface area contributed by atoms with Crippen LogP contribution in [0, 0.1) is 6.92 Å². The molecule has 2 N–H and O–H groups in total. The van der Waals surface area contributed by atoms with E-state index in [9.17, 15) is 10.2 Å². The summed E-state index contributed by atoms with van der Waals surface area (Å²) in [6.45, 7) is 1.97. The fraction of sp³-hybridized carbons (Fsp3) is 0.0769. The Kier molecular flexibility index (Phi) is 2.72. The molecule has 2 heterocycles. The van der Waals surface area contributed by atoms with E-state index in [1.807, 2.05) is 17.7 Å². The first-order valence-electron chi connectivity index (χ1n) is 5.54. The largest absolute Gasteiger partial charge is 0.508 e. The van der Waals surface area contributed by atoms with E-state index in [0.717, 1.165) is 11.1 Å². The maximum atomic E-state index is 9.75. The van der Waals surface area contributed by atoms with Gasteiger partial charge in [-0.2, -0.15) is 16.3 Å². The van der Waals surface area contributed by atoms with Gasteiger partial charge in [0.1, 0.15) is 11.5 Å². The summed E-state index contributed by atoms with van der Waals surface area (Å²) < 4.78 is 5.14. The predicted octanol–water partition coefficient (Wildman–Crippen LogP) is 3.18. The molecule has 19 heavy (non-hydrogen) atoms. The third kappa shape index (κ3) is 2.06. The fourth-order valence-corrected chi connectivity index (χ4v) is 2.55. The van der Waals surface area contributed by atoms with Crippen LogP contribution in [-0.2, 0) is 0 Å². The highest BCUT2D eigenvalue weighted by Gasteiger charge is 2.16. The van der Waals surface area contributed by atoms with Crippen molar-refractivity contribution >= 4 is 11.3 Å². The quantitative estimate of drug-likeness (QED) is 0.701. The van der Waals surface area contributed by atoms with Crippen molar-refractivity contribution in [3.8, 4) is 34.3 Å². The number of hydrogen-bond acceptors (Lipinski definition) is 6. The molecular weight excluding hydrogens is 264 g/mol. The van der Waals surface area contributed by atoms with Crippen molar-refractivity contribution in [3.05, 3.63) is 34.5 Å². The van der Waals surface area contributed by atoms with Gasteiger partial charge in [-0.15, -0.1) is 0 Å². The lowest BCUT2D eigenvalue weighted by Gasteiger charge is -1.99. The smallest absolute Gasteiger partial charge is 0.262 e. The first kappa shape index (κ1) is 11.7. The molecule has 0 aliphatic carbocycles. The van der Waals surface area contributed by atoms with Crippen LogP contribution in [0.15, 0.2) is 33.5 Å². The molecule has 0 atom stereocenters. The Hall–Kier alpha value is -2.34. The summed E-state index contributed by atoms with van der Waals surface area (Å²) in [4.78, 5) is 4.24. The maximum absolute atomic E-state index is 9.75. The number of nitrogens with zero attached hydrogens (tertiary/aromatic N) is 2. The number of aromatic nitrogens is 2. The molecule has 6 heteroatoms. The Morgan fingerprint density at radius 3 is 2.74 bits per heavy atom. The number of aryl methyl sites for hydroxylation is 1. The second-order valence-electron chi connectivity index (χ2n) is 4.09. The third-order valence-electron chi connectivity index (χ3n) is 2.73. The van der Waals surface area contributed by atoms with E-state index >= 15 is 0 Å². The molecule has 0 saturated heterocycles. The van der Waals surface area contributed by atoms with Gasteiger partial charge in [-0.25, -0.2) is 0 Å². The zero-order valence-electron chi connectivity index (χ0n) is 9.99. The van der Waals surface area contributed by atoms with Crippen molar-refractivity contribution in [1.29, 1.82) is 0 Å². The van der Waals surface area contributed by atoms with Crippen LogP contribution < -0.4 is 0 Å². The van der Waals surface area contributed by atoms with Gasteiger partial charge >= 0.3 is 0 Å². The topological polar surface area (TPSA) is 79.4 Å². The molecule has 0 bridgehead atoms. The van der Waals surface area contributed by atoms with E-state index < -0.39 is 0 Å². The number of phenols is 2. The molecule has 0 aliphatic heterocycles. The summed E-state index contributed by atoms with van der Waals surface area (Å²) in [5.74, 6) is 0.653. The molecule has 2 aromatic heterocycles. The average molecular weight is 274 g/mol. The lowest BCUT2D eigenvalue weighted by atomic mass is 10.2. The number of phenolic OH excluding ortho intramolecular Hbond substituents is 2. The molecule has 0 saturated carbocycles. The van der Waals surface area contributed by atoms with Gasteiger partial charge in [-0.05, 0) is 36.1 Å². The lowest BCUT2D eigenvalue weighted by molar-refractivity contribution is 0.423. The van der Waals surface area contributed by atoms with E-state index in [4.69, 9.17) is 4.52 Å². The van der Waals surface area contributed by atoms with Gasteiger partial charge < -0.3 is 14.7 Å². The molecule has 0 unspecified atom stereocenters. The second-order valence-corrected chi connectivity index (χ2v) is 4.84. The van der Waals surface area contributed by atoms with Crippen molar-refractivity contribution in [3.63, 3.8) is 0 Å². The minimum atomic E-state index is -0.0185. The van der Waals surface area contributed by atoms with Crippen LogP contribution in [0.2, 0.25) is 0 Å². The van der Waals surface area contributed by atoms with Crippen LogP contribution in [-0.4, -0.2) is 20.4 Å². The first-order valence-corrected chi connectivity index (χ1v) is 6.48. The Morgan fingerprint density at radius 2 is 2.00 bits per heavy atom. The SMILES string of the molecule is Cc1cscc1-c1noc(-c2cc(O)ccc2O)n1. The summed E-state index contributed by atoms with van der Waals surface area (Å²) in [7, 11) is 0. The normalized spacial score (nSPS) is 10.8. The molecule has 3 aromatic rings. The Balaban J connectivity index is 2.06. The number of thiophene rings is 1. The van der Waals surface area contributed by atoms with Crippen molar-refractivity contribution in [2.24, 2.45) is 0 Å². The number of hydrogen-bond donors (Lipinski definition) is 2. The van der Waals surface area contributed by atoms with Gasteiger partial charge in [0.05, 0.1) is 5.56 Å². The summed E-state index contributed by atoms with van der Waals surface area (Å²) in [6.07, 6.45) is 0. The highest BCUT2D eigenvalue weighted by atomic mass is 32.1. The molecule has 0 amide bonds. The monoisotopic (exact) mass is 274 g/mol. The van der Waals surface area contributed by atoms with Crippen LogP contribution in [0.1, 0.15) is 5.56 Å². The van der Waals surface area contributed by atoms with E-state index in [0.29, 0.717) is 11.4 Å². The molecule has 1 aromatic carbocycles. The summed E-state index contributed by atoms with van der Waals surface area (Å²) in [6, 6.07) is 4.15. The zero-order chi connectivity index (χ0) is 13.4. The van der Waals surface area contributed by atoms with Gasteiger partial charge in [-0.3, -0.25) is 0 Å². The molecule has 0 fully saturated rings. The van der Waals surface area contributed by atoms with E-state index in [-0.39, 0.29) is 17.4 Å². The summed E-state index contributed by atoms with van der Waals surface area (Å²) in [5, 5.41) is 27.0. The van der Waals surface area contributed by atoms with Crippen molar-refractivity contribution in [2.75, 3.05) is 0 Å². The second kappa shape index (κ2) is 4.40. The number of benzene rings is 1. The molecule has 5 nitrogen and oxygen atoms in total. The van der Waals surface area contributed by atoms with Crippen molar-refractivity contribution in [2.45, 2.75) is 6.92 Å². The van der Waals surface area contributed by atoms with E-state index in [1.54, 1.807) is 11.3 Å². The van der Waals surface area contributed by atoms with Crippen LogP contribution in [0.25, 0.3) is 22.8 Å². The Morgan fingerprint density at radius 1 is 1.16 bits per heavy atom. The molecule has 0 aliphatic rings. The minimum absolute atomic E-state index is 0.0185. The molecule has 3 rings (SSSR count). The highest BCUT2D eigenvalue weighted by Crippen LogP contribution is 2.33. The van der Waals surface area contributed by atoms with Gasteiger partial charge in [0.25, 0.3) is 5.89 Å². The molecular formula is C13H10N2O3S. The van der Waals surface area contributed by atoms with Gasteiger partial charge in [0.15, 0.2) is 0 Å². The number of aromatic hydroxyl groups is 2. The fourth-order valence-electron chi connectivity index (χ4n) is 1.73. The summed E-state index contributed by atoms with van der Waals surface area (Å²) >= 11 is 1.56. The zero-order valence-corrected chi connectivity index (χ0v) is 10.8. The average Bonchev–Trinajstić information content (AvgIpc) is 3.00. The standard InChI is InChI=1S/C13H10N2O3S/c1-7-5-19-6-10(7)12-14-13(18-15-12)9-4-8(16)2-3-11(9)17/h2-6,16-17H,1H3. The maximum Gasteiger partial charge on any atom is 0.262 e. The minimum Gasteiger partial charge on any atom is -0.508 e. The van der Waals surface area contributed by atoms with Crippen molar-refractivity contribution < 1.29 is 14.7 Å². The predicted molar refractivity (Wildman–Crippen MR) is 71.1 cm³/mol. The first-order chi connectivity index (χ1) is 9.15. The molecule has 0 spiro atoms. The van der Waals surface area contributed by atoms with Crippen LogP contribution >= 0.6 is 11.3 Å². The summed E-state index contributed by atoms with van der Waals surface area (Å²) in [5.41, 5.74) is 2.28. The Labute approximate surface area is 112 Å². The van der Waals surface area contributed by atoms with Crippen LogP contribution in [0.4, 0.5) is 0 Å². The molecule has 0 radical (unpaired) electrons. The number of rotatable bonds is 2. The highest BCUT2D eigenvalue weighted by molar-refractivity contribution is 7.08.